The van der Waals surface area contributed by atoms with Crippen LogP contribution in [-0.4, -0.2) is 62.4 Å². The molecule has 0 bridgehead atoms. The lowest BCUT2D eigenvalue weighted by atomic mass is 9.66. The second-order valence-corrected chi connectivity index (χ2v) is 7.13. The molecular weight excluding hydrogens is 300 g/mol. The van der Waals surface area contributed by atoms with Crippen molar-refractivity contribution < 1.29 is 31.5 Å². The standard InChI is InChI=1S/C17H28O6/c1-19-13-3-5-17(22-8-9-23-17)15(11-13)14-10-12(18)2-4-16(14)20-6-7-21-16/h12-15,18H,2-11H2,1H3/i8D2. The lowest BCUT2D eigenvalue weighted by Gasteiger charge is -2.52. The molecule has 0 aromatic rings. The molecule has 6 heteroatoms. The van der Waals surface area contributed by atoms with Crippen molar-refractivity contribution in [3.8, 4) is 0 Å². The van der Waals surface area contributed by atoms with Crippen LogP contribution in [0.5, 0.6) is 0 Å². The molecule has 2 spiro atoms. The molecule has 5 atom stereocenters. The van der Waals surface area contributed by atoms with Gasteiger partial charge in [-0.05, 0) is 25.7 Å². The summed E-state index contributed by atoms with van der Waals surface area (Å²) < 4.78 is 45.4. The van der Waals surface area contributed by atoms with Gasteiger partial charge in [0.15, 0.2) is 11.6 Å². The summed E-state index contributed by atoms with van der Waals surface area (Å²) in [6.07, 6.45) is 3.47. The van der Waals surface area contributed by atoms with Crippen LogP contribution in [0.25, 0.3) is 0 Å². The quantitative estimate of drug-likeness (QED) is 0.827. The Morgan fingerprint density at radius 2 is 1.61 bits per heavy atom. The molecule has 23 heavy (non-hydrogen) atoms. The van der Waals surface area contributed by atoms with Gasteiger partial charge < -0.3 is 28.8 Å². The number of hydrogen-bond donors (Lipinski definition) is 1. The molecule has 5 unspecified atom stereocenters. The van der Waals surface area contributed by atoms with E-state index in [2.05, 4.69) is 0 Å². The van der Waals surface area contributed by atoms with Crippen molar-refractivity contribution in [3.05, 3.63) is 0 Å². The zero-order chi connectivity index (χ0) is 17.7. The summed E-state index contributed by atoms with van der Waals surface area (Å²) in [6.45, 7) is -0.785. The van der Waals surface area contributed by atoms with Gasteiger partial charge in [0.2, 0.25) is 0 Å². The van der Waals surface area contributed by atoms with E-state index >= 15 is 0 Å². The minimum atomic E-state index is -1.80. The fourth-order valence-electron chi connectivity index (χ4n) is 4.90. The molecule has 4 rings (SSSR count). The fourth-order valence-corrected chi connectivity index (χ4v) is 4.90. The molecule has 0 amide bonds. The predicted molar refractivity (Wildman–Crippen MR) is 80.8 cm³/mol. The molecule has 4 aliphatic rings. The lowest BCUT2D eigenvalue weighted by Crippen LogP contribution is -2.57. The van der Waals surface area contributed by atoms with Crippen molar-refractivity contribution in [2.75, 3.05) is 33.5 Å². The van der Waals surface area contributed by atoms with Gasteiger partial charge in [-0.25, -0.2) is 0 Å². The van der Waals surface area contributed by atoms with Gasteiger partial charge >= 0.3 is 0 Å². The van der Waals surface area contributed by atoms with Crippen LogP contribution in [0.1, 0.15) is 41.3 Å². The maximum atomic E-state index is 10.3. The van der Waals surface area contributed by atoms with E-state index < -0.39 is 24.2 Å². The summed E-state index contributed by atoms with van der Waals surface area (Å²) in [5.74, 6) is -2.00. The van der Waals surface area contributed by atoms with Crippen LogP contribution in [-0.2, 0) is 23.7 Å². The molecule has 0 radical (unpaired) electrons. The van der Waals surface area contributed by atoms with E-state index in [-0.39, 0.29) is 24.5 Å². The Labute approximate surface area is 140 Å². The average Bonchev–Trinajstić information content (AvgIpc) is 3.17. The second kappa shape index (κ2) is 6.24. The van der Waals surface area contributed by atoms with Gasteiger partial charge in [-0.2, -0.15) is 0 Å². The molecule has 2 saturated heterocycles. The largest absolute Gasteiger partial charge is 0.393 e. The molecule has 6 nitrogen and oxygen atoms in total. The van der Waals surface area contributed by atoms with Crippen molar-refractivity contribution in [1.82, 2.24) is 0 Å². The van der Waals surface area contributed by atoms with Crippen LogP contribution in [0.4, 0.5) is 0 Å². The lowest BCUT2D eigenvalue weighted by molar-refractivity contribution is -0.297. The van der Waals surface area contributed by atoms with Gasteiger partial charge in [0, 0.05) is 31.8 Å². The van der Waals surface area contributed by atoms with E-state index in [4.69, 9.17) is 26.4 Å². The van der Waals surface area contributed by atoms with Crippen LogP contribution < -0.4 is 0 Å². The number of aliphatic hydroxyl groups is 1. The average molecular weight is 330 g/mol. The number of hydrogen-bond acceptors (Lipinski definition) is 6. The van der Waals surface area contributed by atoms with Gasteiger partial charge in [0.25, 0.3) is 0 Å². The molecular formula is C17H28O6. The third kappa shape index (κ3) is 2.73. The Balaban J connectivity index is 1.67. The Morgan fingerprint density at radius 1 is 0.957 bits per heavy atom. The Morgan fingerprint density at radius 3 is 2.30 bits per heavy atom. The third-order valence-electron chi connectivity index (χ3n) is 6.03. The van der Waals surface area contributed by atoms with Crippen molar-refractivity contribution in [3.63, 3.8) is 0 Å². The molecule has 2 aliphatic carbocycles. The molecule has 132 valence electrons. The van der Waals surface area contributed by atoms with E-state index in [1.165, 1.54) is 0 Å². The van der Waals surface area contributed by atoms with Gasteiger partial charge in [0.1, 0.15) is 0 Å². The monoisotopic (exact) mass is 330 g/mol. The van der Waals surface area contributed by atoms with Gasteiger partial charge in [-0.1, -0.05) is 0 Å². The number of methoxy groups -OCH3 is 1. The van der Waals surface area contributed by atoms with E-state index in [1.807, 2.05) is 0 Å². The number of aliphatic hydroxyl groups excluding tert-OH is 1. The summed E-state index contributed by atoms with van der Waals surface area (Å²) in [5.41, 5.74) is 0. The van der Waals surface area contributed by atoms with Crippen molar-refractivity contribution in [2.24, 2.45) is 11.8 Å². The van der Waals surface area contributed by atoms with Crippen LogP contribution in [0.3, 0.4) is 0 Å². The highest BCUT2D eigenvalue weighted by Crippen LogP contribution is 2.53. The topological polar surface area (TPSA) is 66.4 Å². The summed E-state index contributed by atoms with van der Waals surface area (Å²) in [4.78, 5) is 0. The first-order chi connectivity index (χ1) is 11.9. The Kier molecular flexibility index (Phi) is 3.80. The molecule has 1 N–H and O–H groups in total. The van der Waals surface area contributed by atoms with Gasteiger partial charge in [0.05, 0.1) is 41.3 Å². The first-order valence-corrected chi connectivity index (χ1v) is 8.71. The minimum Gasteiger partial charge on any atom is -0.393 e. The summed E-state index contributed by atoms with van der Waals surface area (Å²) in [6, 6.07) is 0. The molecule has 2 aliphatic heterocycles. The highest BCUT2D eigenvalue weighted by Gasteiger charge is 2.59. The van der Waals surface area contributed by atoms with Crippen molar-refractivity contribution in [2.45, 2.75) is 62.3 Å². The van der Waals surface area contributed by atoms with E-state index in [0.717, 1.165) is 6.42 Å². The maximum absolute atomic E-state index is 10.3. The zero-order valence-corrected chi connectivity index (χ0v) is 13.7. The predicted octanol–water partition coefficient (Wildman–Crippen LogP) is 1.45. The molecule has 4 fully saturated rings. The van der Waals surface area contributed by atoms with E-state index in [1.54, 1.807) is 7.11 Å². The van der Waals surface area contributed by atoms with Gasteiger partial charge in [-0.15, -0.1) is 0 Å². The van der Waals surface area contributed by atoms with E-state index in [9.17, 15) is 5.11 Å². The van der Waals surface area contributed by atoms with Crippen molar-refractivity contribution >= 4 is 0 Å². The molecule has 0 aromatic carbocycles. The first kappa shape index (κ1) is 14.0. The molecule has 0 aromatic heterocycles. The maximum Gasteiger partial charge on any atom is 0.171 e. The van der Waals surface area contributed by atoms with Gasteiger partial charge in [-0.3, -0.25) is 0 Å². The number of rotatable bonds is 2. The highest BCUT2D eigenvalue weighted by molar-refractivity contribution is 5.01. The first-order valence-electron chi connectivity index (χ1n) is 9.71. The van der Waals surface area contributed by atoms with Crippen LogP contribution in [0, 0.1) is 11.8 Å². The highest BCUT2D eigenvalue weighted by atomic mass is 16.7. The van der Waals surface area contributed by atoms with Crippen LogP contribution in [0.15, 0.2) is 0 Å². The smallest absolute Gasteiger partial charge is 0.171 e. The Hall–Kier alpha value is -0.240. The molecule has 2 heterocycles. The van der Waals surface area contributed by atoms with Crippen molar-refractivity contribution in [1.29, 1.82) is 0 Å². The van der Waals surface area contributed by atoms with Crippen LogP contribution >= 0.6 is 0 Å². The third-order valence-corrected chi connectivity index (χ3v) is 6.03. The summed E-state index contributed by atoms with van der Waals surface area (Å²) in [5, 5.41) is 10.3. The fraction of sp³-hybridized carbons (Fsp3) is 1.00. The second-order valence-electron chi connectivity index (χ2n) is 7.13. The van der Waals surface area contributed by atoms with E-state index in [0.29, 0.717) is 45.3 Å². The Bertz CT molecular complexity index is 498. The zero-order valence-electron chi connectivity index (χ0n) is 15.7. The summed E-state index contributed by atoms with van der Waals surface area (Å²) in [7, 11) is 1.70. The SMILES string of the molecule is [2H]C1([2H])COC2(CCC(OC)CC2C2CC(O)CCC23OCCO3)O1. The minimum absolute atomic E-state index is 0.0619. The number of ether oxygens (including phenoxy) is 5. The normalized spacial score (nSPS) is 50.2. The molecule has 2 saturated carbocycles. The summed E-state index contributed by atoms with van der Waals surface area (Å²) >= 11 is 0. The van der Waals surface area contributed by atoms with Crippen LogP contribution in [0.2, 0.25) is 0 Å².